The first-order chi connectivity index (χ1) is 9.10. The number of piperazine rings is 1. The third-order valence-electron chi connectivity index (χ3n) is 3.53. The summed E-state index contributed by atoms with van der Waals surface area (Å²) in [4.78, 5) is 16.7. The van der Waals surface area contributed by atoms with E-state index in [0.29, 0.717) is 5.88 Å². The highest BCUT2D eigenvalue weighted by molar-refractivity contribution is 6.18. The van der Waals surface area contributed by atoms with E-state index in [-0.39, 0.29) is 5.91 Å². The van der Waals surface area contributed by atoms with Crippen molar-refractivity contribution in [1.82, 2.24) is 9.80 Å². The Balaban J connectivity index is 2.01. The Morgan fingerprint density at radius 1 is 1.11 bits per heavy atom. The molecule has 1 aromatic carbocycles. The van der Waals surface area contributed by atoms with Gasteiger partial charge in [0.05, 0.1) is 0 Å². The zero-order valence-corrected chi connectivity index (χ0v) is 12.4. The van der Waals surface area contributed by atoms with Gasteiger partial charge in [0.15, 0.2) is 0 Å². The van der Waals surface area contributed by atoms with Crippen molar-refractivity contribution in [2.75, 3.05) is 38.6 Å². The molecule has 2 rings (SSSR count). The van der Waals surface area contributed by atoms with Gasteiger partial charge in [-0.2, -0.15) is 0 Å². The number of alkyl halides is 1. The van der Waals surface area contributed by atoms with E-state index in [4.69, 9.17) is 11.6 Å². The van der Waals surface area contributed by atoms with Gasteiger partial charge in [-0.05, 0) is 26.0 Å². The average Bonchev–Trinajstić information content (AvgIpc) is 2.38. The van der Waals surface area contributed by atoms with Crippen LogP contribution in [0.1, 0.15) is 21.5 Å². The van der Waals surface area contributed by atoms with Gasteiger partial charge in [-0.25, -0.2) is 0 Å². The first kappa shape index (κ1) is 14.4. The molecule has 0 radical (unpaired) electrons. The van der Waals surface area contributed by atoms with Gasteiger partial charge in [0.2, 0.25) is 0 Å². The Bertz CT molecular complexity index is 433. The highest BCUT2D eigenvalue weighted by Gasteiger charge is 2.21. The summed E-state index contributed by atoms with van der Waals surface area (Å²) in [5.41, 5.74) is 3.09. The standard InChI is InChI=1S/C15H21ClN2O/c1-12-9-13(2)11-14(10-12)15(19)18-7-5-17(4-3-16)6-8-18/h9-11H,3-8H2,1-2H3. The molecule has 1 fully saturated rings. The van der Waals surface area contributed by atoms with Crippen LogP contribution in [0.2, 0.25) is 0 Å². The fraction of sp³-hybridized carbons (Fsp3) is 0.533. The smallest absolute Gasteiger partial charge is 0.253 e. The fourth-order valence-corrected chi connectivity index (χ4v) is 2.81. The molecule has 3 nitrogen and oxygen atoms in total. The Hall–Kier alpha value is -1.06. The van der Waals surface area contributed by atoms with Gasteiger partial charge in [0.25, 0.3) is 5.91 Å². The number of rotatable bonds is 3. The lowest BCUT2D eigenvalue weighted by molar-refractivity contribution is 0.0644. The molecule has 0 N–H and O–H groups in total. The molecule has 0 aromatic heterocycles. The third-order valence-corrected chi connectivity index (χ3v) is 3.70. The number of carbonyl (C=O) groups excluding carboxylic acids is 1. The Labute approximate surface area is 120 Å². The second-order valence-electron chi connectivity index (χ2n) is 5.20. The van der Waals surface area contributed by atoms with Crippen molar-refractivity contribution >= 4 is 17.5 Å². The maximum atomic E-state index is 12.5. The topological polar surface area (TPSA) is 23.6 Å². The van der Waals surface area contributed by atoms with Crippen LogP contribution >= 0.6 is 11.6 Å². The van der Waals surface area contributed by atoms with Crippen LogP contribution in [0.15, 0.2) is 18.2 Å². The summed E-state index contributed by atoms with van der Waals surface area (Å²) in [6, 6.07) is 6.04. The van der Waals surface area contributed by atoms with E-state index >= 15 is 0 Å². The van der Waals surface area contributed by atoms with Crippen molar-refractivity contribution < 1.29 is 4.79 Å². The van der Waals surface area contributed by atoms with Crippen molar-refractivity contribution in [3.8, 4) is 0 Å². The van der Waals surface area contributed by atoms with Crippen molar-refractivity contribution in [3.63, 3.8) is 0 Å². The molecule has 0 spiro atoms. The highest BCUT2D eigenvalue weighted by Crippen LogP contribution is 2.13. The summed E-state index contributed by atoms with van der Waals surface area (Å²) < 4.78 is 0. The summed E-state index contributed by atoms with van der Waals surface area (Å²) in [6.07, 6.45) is 0. The number of nitrogens with zero attached hydrogens (tertiary/aromatic N) is 2. The van der Waals surface area contributed by atoms with Gasteiger partial charge in [-0.1, -0.05) is 17.2 Å². The molecular formula is C15H21ClN2O. The van der Waals surface area contributed by atoms with Gasteiger partial charge in [0.1, 0.15) is 0 Å². The predicted molar refractivity (Wildman–Crippen MR) is 79.0 cm³/mol. The summed E-state index contributed by atoms with van der Waals surface area (Å²) in [5.74, 6) is 0.808. The maximum absolute atomic E-state index is 12.5. The largest absolute Gasteiger partial charge is 0.336 e. The number of carbonyl (C=O) groups is 1. The molecular weight excluding hydrogens is 260 g/mol. The van der Waals surface area contributed by atoms with E-state index in [0.717, 1.165) is 49.4 Å². The molecule has 1 saturated heterocycles. The van der Waals surface area contributed by atoms with E-state index in [1.165, 1.54) is 0 Å². The Morgan fingerprint density at radius 3 is 2.21 bits per heavy atom. The van der Waals surface area contributed by atoms with Gasteiger partial charge >= 0.3 is 0 Å². The summed E-state index contributed by atoms with van der Waals surface area (Å²) in [5, 5.41) is 0. The lowest BCUT2D eigenvalue weighted by atomic mass is 10.1. The van der Waals surface area contributed by atoms with Gasteiger partial charge in [-0.3, -0.25) is 9.69 Å². The van der Waals surface area contributed by atoms with Crippen LogP contribution in [0.3, 0.4) is 0 Å². The highest BCUT2D eigenvalue weighted by atomic mass is 35.5. The van der Waals surface area contributed by atoms with E-state index in [2.05, 4.69) is 11.0 Å². The van der Waals surface area contributed by atoms with Crippen molar-refractivity contribution in [3.05, 3.63) is 34.9 Å². The van der Waals surface area contributed by atoms with Crippen LogP contribution in [-0.4, -0.2) is 54.3 Å². The van der Waals surface area contributed by atoms with Gasteiger partial charge < -0.3 is 4.90 Å². The lowest BCUT2D eigenvalue weighted by Gasteiger charge is -2.34. The van der Waals surface area contributed by atoms with Gasteiger partial charge in [-0.15, -0.1) is 11.6 Å². The lowest BCUT2D eigenvalue weighted by Crippen LogP contribution is -2.49. The molecule has 104 valence electrons. The van der Waals surface area contributed by atoms with Crippen LogP contribution in [0.25, 0.3) is 0 Å². The molecule has 0 atom stereocenters. The second-order valence-corrected chi connectivity index (χ2v) is 5.58. The van der Waals surface area contributed by atoms with E-state index in [1.54, 1.807) is 0 Å². The molecule has 4 heteroatoms. The van der Waals surface area contributed by atoms with E-state index < -0.39 is 0 Å². The number of amides is 1. The van der Waals surface area contributed by atoms with Crippen LogP contribution in [0.4, 0.5) is 0 Å². The zero-order valence-electron chi connectivity index (χ0n) is 11.7. The number of halogens is 1. The molecule has 1 aliphatic rings. The molecule has 1 amide bonds. The second kappa shape index (κ2) is 6.40. The van der Waals surface area contributed by atoms with Crippen molar-refractivity contribution in [2.24, 2.45) is 0 Å². The molecule has 1 aromatic rings. The monoisotopic (exact) mass is 280 g/mol. The molecule has 0 bridgehead atoms. The number of hydrogen-bond donors (Lipinski definition) is 0. The Morgan fingerprint density at radius 2 is 1.68 bits per heavy atom. The minimum atomic E-state index is 0.150. The number of aryl methyl sites for hydroxylation is 2. The van der Waals surface area contributed by atoms with Crippen LogP contribution in [0.5, 0.6) is 0 Å². The SMILES string of the molecule is Cc1cc(C)cc(C(=O)N2CCN(CCCl)CC2)c1. The molecule has 1 aliphatic heterocycles. The number of benzene rings is 1. The minimum absolute atomic E-state index is 0.150. The maximum Gasteiger partial charge on any atom is 0.253 e. The fourth-order valence-electron chi connectivity index (χ4n) is 2.57. The minimum Gasteiger partial charge on any atom is -0.336 e. The average molecular weight is 281 g/mol. The molecule has 19 heavy (non-hydrogen) atoms. The quantitative estimate of drug-likeness (QED) is 0.793. The first-order valence-electron chi connectivity index (χ1n) is 6.76. The first-order valence-corrected chi connectivity index (χ1v) is 7.29. The van der Waals surface area contributed by atoms with Crippen molar-refractivity contribution in [1.29, 1.82) is 0 Å². The predicted octanol–water partition coefficient (Wildman–Crippen LogP) is 2.30. The zero-order chi connectivity index (χ0) is 13.8. The van der Waals surface area contributed by atoms with Crippen LogP contribution in [0, 0.1) is 13.8 Å². The van der Waals surface area contributed by atoms with Crippen LogP contribution < -0.4 is 0 Å². The summed E-state index contributed by atoms with van der Waals surface area (Å²) >= 11 is 5.74. The van der Waals surface area contributed by atoms with E-state index in [1.807, 2.05) is 30.9 Å². The molecule has 0 saturated carbocycles. The summed E-state index contributed by atoms with van der Waals surface area (Å²) in [6.45, 7) is 8.40. The van der Waals surface area contributed by atoms with Gasteiger partial charge in [0, 0.05) is 44.2 Å². The third kappa shape index (κ3) is 3.71. The van der Waals surface area contributed by atoms with Crippen molar-refractivity contribution in [2.45, 2.75) is 13.8 Å². The van der Waals surface area contributed by atoms with E-state index in [9.17, 15) is 4.79 Å². The molecule has 0 unspecified atom stereocenters. The normalized spacial score (nSPS) is 16.7. The molecule has 1 heterocycles. The number of hydrogen-bond acceptors (Lipinski definition) is 2. The molecule has 0 aliphatic carbocycles. The summed E-state index contributed by atoms with van der Waals surface area (Å²) in [7, 11) is 0. The van der Waals surface area contributed by atoms with Crippen LogP contribution in [-0.2, 0) is 0 Å². The Kier molecular flexibility index (Phi) is 4.83.